The van der Waals surface area contributed by atoms with Crippen LogP contribution in [0.1, 0.15) is 26.7 Å². The Bertz CT molecular complexity index is 916. The topological polar surface area (TPSA) is 84.9 Å². The van der Waals surface area contributed by atoms with Gasteiger partial charge in [0.25, 0.3) is 10.0 Å². The first-order chi connectivity index (χ1) is 13.8. The molecule has 1 amide bonds. The maximum absolute atomic E-state index is 13.4. The van der Waals surface area contributed by atoms with Crippen molar-refractivity contribution in [1.82, 2.24) is 5.32 Å². The predicted octanol–water partition coefficient (Wildman–Crippen LogP) is 3.20. The number of nitrogens with one attached hydrogen (secondary N) is 1. The summed E-state index contributed by atoms with van der Waals surface area (Å²) in [7, 11) is -1.08. The maximum atomic E-state index is 13.4. The molecule has 0 aliphatic rings. The van der Waals surface area contributed by atoms with E-state index in [-0.39, 0.29) is 23.2 Å². The van der Waals surface area contributed by atoms with E-state index in [4.69, 9.17) is 9.47 Å². The van der Waals surface area contributed by atoms with E-state index in [0.717, 1.165) is 17.1 Å². The molecule has 0 aromatic heterocycles. The summed E-state index contributed by atoms with van der Waals surface area (Å²) in [6.45, 7) is 3.54. The summed E-state index contributed by atoms with van der Waals surface area (Å²) in [4.78, 5) is 12.7. The molecule has 0 unspecified atom stereocenters. The molecule has 7 nitrogen and oxygen atoms in total. The van der Waals surface area contributed by atoms with Gasteiger partial charge in [0.2, 0.25) is 5.91 Å². The number of rotatable bonds is 10. The second-order valence-corrected chi connectivity index (χ2v) is 8.48. The van der Waals surface area contributed by atoms with Crippen molar-refractivity contribution in [2.45, 2.75) is 37.6 Å². The van der Waals surface area contributed by atoms with Crippen molar-refractivity contribution in [2.75, 3.05) is 25.1 Å². The van der Waals surface area contributed by atoms with Crippen LogP contribution < -0.4 is 19.1 Å². The van der Waals surface area contributed by atoms with Crippen LogP contribution in [0.5, 0.6) is 11.5 Å². The lowest BCUT2D eigenvalue weighted by atomic mass is 10.2. The van der Waals surface area contributed by atoms with Gasteiger partial charge in [0.05, 0.1) is 24.8 Å². The zero-order chi connectivity index (χ0) is 21.4. The molecule has 0 fully saturated rings. The van der Waals surface area contributed by atoms with Crippen LogP contribution >= 0.6 is 0 Å². The first kappa shape index (κ1) is 22.5. The number of methoxy groups -OCH3 is 2. The van der Waals surface area contributed by atoms with Gasteiger partial charge in [-0.2, -0.15) is 0 Å². The normalized spacial score (nSPS) is 12.1. The summed E-state index contributed by atoms with van der Waals surface area (Å²) in [6.07, 6.45) is 1.72. The van der Waals surface area contributed by atoms with Crippen molar-refractivity contribution in [1.29, 1.82) is 0 Å². The fourth-order valence-electron chi connectivity index (χ4n) is 2.97. The molecule has 2 aromatic carbocycles. The van der Waals surface area contributed by atoms with Gasteiger partial charge in [-0.15, -0.1) is 0 Å². The van der Waals surface area contributed by atoms with Crippen molar-refractivity contribution in [3.63, 3.8) is 0 Å². The SMILES string of the molecule is CCC[C@@H](C)NC(=O)CN(c1cc(OC)ccc1OC)S(=O)(=O)c1ccccc1. The average molecular weight is 421 g/mol. The molecule has 29 heavy (non-hydrogen) atoms. The average Bonchev–Trinajstić information content (AvgIpc) is 2.72. The zero-order valence-electron chi connectivity index (χ0n) is 17.2. The van der Waals surface area contributed by atoms with E-state index in [1.807, 2.05) is 13.8 Å². The van der Waals surface area contributed by atoms with Crippen LogP contribution in [0.3, 0.4) is 0 Å². The number of ether oxygens (including phenoxy) is 2. The van der Waals surface area contributed by atoms with Gasteiger partial charge >= 0.3 is 0 Å². The van der Waals surface area contributed by atoms with Crippen molar-refractivity contribution in [2.24, 2.45) is 0 Å². The summed E-state index contributed by atoms with van der Waals surface area (Å²) < 4.78 is 38.5. The minimum atomic E-state index is -4.02. The van der Waals surface area contributed by atoms with E-state index in [2.05, 4.69) is 5.32 Å². The Labute approximate surface area is 172 Å². The summed E-state index contributed by atoms with van der Waals surface area (Å²) in [5, 5.41) is 2.85. The Morgan fingerprint density at radius 1 is 1.10 bits per heavy atom. The Morgan fingerprint density at radius 2 is 1.79 bits per heavy atom. The first-order valence-electron chi connectivity index (χ1n) is 9.42. The Balaban J connectivity index is 2.51. The minimum absolute atomic E-state index is 0.0546. The number of carbonyl (C=O) groups excluding carboxylic acids is 1. The highest BCUT2D eigenvalue weighted by Crippen LogP contribution is 2.35. The van der Waals surface area contributed by atoms with Gasteiger partial charge < -0.3 is 14.8 Å². The quantitative estimate of drug-likeness (QED) is 0.638. The van der Waals surface area contributed by atoms with E-state index < -0.39 is 15.9 Å². The lowest BCUT2D eigenvalue weighted by Gasteiger charge is -2.26. The van der Waals surface area contributed by atoms with Gasteiger partial charge in [0, 0.05) is 12.1 Å². The number of sulfonamides is 1. The third kappa shape index (κ3) is 5.63. The van der Waals surface area contributed by atoms with Gasteiger partial charge in [-0.1, -0.05) is 31.5 Å². The highest BCUT2D eigenvalue weighted by Gasteiger charge is 2.30. The fourth-order valence-corrected chi connectivity index (χ4v) is 4.41. The van der Waals surface area contributed by atoms with E-state index in [0.29, 0.717) is 11.5 Å². The first-order valence-corrected chi connectivity index (χ1v) is 10.9. The van der Waals surface area contributed by atoms with Gasteiger partial charge in [0.1, 0.15) is 18.0 Å². The summed E-state index contributed by atoms with van der Waals surface area (Å²) in [5.74, 6) is 0.379. The standard InChI is InChI=1S/C21H28N2O5S/c1-5-9-16(2)22-21(24)15-23(29(25,26)18-10-7-6-8-11-18)19-14-17(27-3)12-13-20(19)28-4/h6-8,10-14,16H,5,9,15H2,1-4H3,(H,22,24)/t16-/m1/s1. The second kappa shape index (κ2) is 10.2. The summed E-state index contributed by atoms with van der Waals surface area (Å²) in [6, 6.07) is 12.8. The summed E-state index contributed by atoms with van der Waals surface area (Å²) in [5.41, 5.74) is 0.231. The molecule has 0 saturated carbocycles. The van der Waals surface area contributed by atoms with Crippen molar-refractivity contribution < 1.29 is 22.7 Å². The lowest BCUT2D eigenvalue weighted by Crippen LogP contribution is -2.43. The lowest BCUT2D eigenvalue weighted by molar-refractivity contribution is -0.120. The van der Waals surface area contributed by atoms with E-state index in [1.165, 1.54) is 26.4 Å². The highest BCUT2D eigenvalue weighted by atomic mass is 32.2. The number of nitrogens with zero attached hydrogens (tertiary/aromatic N) is 1. The van der Waals surface area contributed by atoms with Crippen molar-refractivity contribution >= 4 is 21.6 Å². The Kier molecular flexibility index (Phi) is 7.90. The summed E-state index contributed by atoms with van der Waals surface area (Å²) >= 11 is 0. The Hall–Kier alpha value is -2.74. The van der Waals surface area contributed by atoms with Crippen LogP contribution in [-0.4, -0.2) is 41.1 Å². The van der Waals surface area contributed by atoms with Crippen LogP contribution in [-0.2, 0) is 14.8 Å². The van der Waals surface area contributed by atoms with E-state index >= 15 is 0 Å². The molecule has 1 N–H and O–H groups in total. The predicted molar refractivity (Wildman–Crippen MR) is 113 cm³/mol. The second-order valence-electron chi connectivity index (χ2n) is 6.62. The van der Waals surface area contributed by atoms with Gasteiger partial charge in [-0.25, -0.2) is 8.42 Å². The molecule has 0 heterocycles. The van der Waals surface area contributed by atoms with Crippen molar-refractivity contribution in [3.05, 3.63) is 48.5 Å². The Morgan fingerprint density at radius 3 is 2.38 bits per heavy atom. The molecule has 2 aromatic rings. The number of carbonyl (C=O) groups is 1. The minimum Gasteiger partial charge on any atom is -0.497 e. The molecule has 1 atom stereocenters. The van der Waals surface area contributed by atoms with E-state index in [1.54, 1.807) is 36.4 Å². The molecule has 0 saturated heterocycles. The molecule has 0 radical (unpaired) electrons. The molecule has 0 aliphatic heterocycles. The van der Waals surface area contributed by atoms with Crippen LogP contribution in [0.4, 0.5) is 5.69 Å². The number of hydrogen-bond acceptors (Lipinski definition) is 5. The maximum Gasteiger partial charge on any atom is 0.264 e. The third-order valence-electron chi connectivity index (χ3n) is 4.40. The molecule has 0 bridgehead atoms. The van der Waals surface area contributed by atoms with Crippen LogP contribution in [0.25, 0.3) is 0 Å². The van der Waals surface area contributed by atoms with Crippen molar-refractivity contribution in [3.8, 4) is 11.5 Å². The van der Waals surface area contributed by atoms with Crippen LogP contribution in [0, 0.1) is 0 Å². The van der Waals surface area contributed by atoms with Crippen LogP contribution in [0.2, 0.25) is 0 Å². The number of benzene rings is 2. The molecule has 8 heteroatoms. The smallest absolute Gasteiger partial charge is 0.264 e. The molecular formula is C21H28N2O5S. The third-order valence-corrected chi connectivity index (χ3v) is 6.18. The van der Waals surface area contributed by atoms with Gasteiger partial charge in [-0.05, 0) is 37.6 Å². The molecule has 0 aliphatic carbocycles. The molecular weight excluding hydrogens is 392 g/mol. The number of hydrogen-bond donors (Lipinski definition) is 1. The number of amides is 1. The van der Waals surface area contributed by atoms with E-state index in [9.17, 15) is 13.2 Å². The molecule has 2 rings (SSSR count). The highest BCUT2D eigenvalue weighted by molar-refractivity contribution is 7.92. The van der Waals surface area contributed by atoms with Crippen LogP contribution in [0.15, 0.2) is 53.4 Å². The number of anilines is 1. The van der Waals surface area contributed by atoms with Gasteiger partial charge in [-0.3, -0.25) is 9.10 Å². The van der Waals surface area contributed by atoms with Gasteiger partial charge in [0.15, 0.2) is 0 Å². The fraction of sp³-hybridized carbons (Fsp3) is 0.381. The molecule has 0 spiro atoms. The largest absolute Gasteiger partial charge is 0.497 e. The monoisotopic (exact) mass is 420 g/mol. The molecule has 158 valence electrons. The zero-order valence-corrected chi connectivity index (χ0v) is 18.0.